The normalized spacial score (nSPS) is 13.9. The van der Waals surface area contributed by atoms with Crippen LogP contribution in [0.3, 0.4) is 0 Å². The first-order chi connectivity index (χ1) is 30.7. The van der Waals surface area contributed by atoms with Gasteiger partial charge in [-0.1, -0.05) is 200 Å². The Morgan fingerprint density at radius 1 is 0.274 bits per heavy atom. The maximum absolute atomic E-state index is 5.36. The van der Waals surface area contributed by atoms with Crippen molar-refractivity contribution in [2.45, 2.75) is 5.41 Å². The molecule has 1 atom stereocenters. The second kappa shape index (κ2) is 15.8. The summed E-state index contributed by atoms with van der Waals surface area (Å²) in [4.78, 5) is 7.66. The van der Waals surface area contributed by atoms with E-state index >= 15 is 0 Å². The maximum Gasteiger partial charge on any atom is 0.0715 e. The lowest BCUT2D eigenvalue weighted by Gasteiger charge is -2.34. The van der Waals surface area contributed by atoms with Crippen LogP contribution in [0.5, 0.6) is 0 Å². The van der Waals surface area contributed by atoms with Gasteiger partial charge in [0, 0.05) is 28.2 Å². The van der Waals surface area contributed by atoms with Gasteiger partial charge in [-0.05, 0) is 110 Å². The fourth-order valence-electron chi connectivity index (χ4n) is 9.47. The predicted molar refractivity (Wildman–Crippen MR) is 258 cm³/mol. The van der Waals surface area contributed by atoms with Gasteiger partial charge in [-0.3, -0.25) is 0 Å². The lowest BCUT2D eigenvalue weighted by molar-refractivity contribution is 0.769. The minimum atomic E-state index is -0.559. The first-order valence-corrected chi connectivity index (χ1v) is 21.3. The van der Waals surface area contributed by atoms with Crippen LogP contribution in [0.15, 0.2) is 255 Å². The lowest BCUT2D eigenvalue weighted by atomic mass is 9.67. The highest BCUT2D eigenvalue weighted by molar-refractivity contribution is 5.89. The smallest absolute Gasteiger partial charge is 0.0715 e. The van der Waals surface area contributed by atoms with E-state index in [0.29, 0.717) is 0 Å². The zero-order valence-electron chi connectivity index (χ0n) is 34.1. The van der Waals surface area contributed by atoms with E-state index in [1.54, 1.807) is 0 Å². The van der Waals surface area contributed by atoms with Gasteiger partial charge >= 0.3 is 0 Å². The summed E-state index contributed by atoms with van der Waals surface area (Å²) in [6.07, 6.45) is 0. The molecule has 62 heavy (non-hydrogen) atoms. The average Bonchev–Trinajstić information content (AvgIpc) is 3.66. The molecule has 9 aromatic carbocycles. The first kappa shape index (κ1) is 37.0. The molecule has 11 rings (SSSR count). The van der Waals surface area contributed by atoms with Crippen molar-refractivity contribution in [1.82, 2.24) is 4.98 Å². The molecule has 10 aromatic rings. The number of para-hydroxylation sites is 2. The zero-order valence-corrected chi connectivity index (χ0v) is 34.1. The van der Waals surface area contributed by atoms with Gasteiger partial charge < -0.3 is 4.90 Å². The molecule has 0 amide bonds. The molecular formula is C60H42N2. The molecule has 2 heteroatoms. The minimum Gasteiger partial charge on any atom is -0.311 e. The lowest BCUT2D eigenvalue weighted by Crippen LogP contribution is -2.28. The number of pyridine rings is 1. The van der Waals surface area contributed by atoms with Crippen LogP contribution in [0.4, 0.5) is 17.1 Å². The Kier molecular flexibility index (Phi) is 9.44. The van der Waals surface area contributed by atoms with E-state index in [4.69, 9.17) is 4.98 Å². The molecule has 1 unspecified atom stereocenters. The summed E-state index contributed by atoms with van der Waals surface area (Å²) in [5.74, 6) is 0. The van der Waals surface area contributed by atoms with E-state index < -0.39 is 5.41 Å². The number of nitrogens with zero attached hydrogens (tertiary/aromatic N) is 2. The highest BCUT2D eigenvalue weighted by atomic mass is 15.1. The number of benzene rings is 9. The van der Waals surface area contributed by atoms with Gasteiger partial charge in [0.05, 0.1) is 16.8 Å². The molecule has 0 radical (unpaired) electrons. The highest BCUT2D eigenvalue weighted by Gasteiger charge is 2.46. The van der Waals surface area contributed by atoms with Gasteiger partial charge in [0.15, 0.2) is 0 Å². The quantitative estimate of drug-likeness (QED) is 0.145. The number of anilines is 3. The van der Waals surface area contributed by atoms with Crippen molar-refractivity contribution in [3.05, 3.63) is 277 Å². The van der Waals surface area contributed by atoms with Crippen LogP contribution < -0.4 is 4.90 Å². The van der Waals surface area contributed by atoms with Gasteiger partial charge in [-0.25, -0.2) is 4.98 Å². The number of fused-ring (bicyclic) bond motifs is 3. The third-order valence-electron chi connectivity index (χ3n) is 12.4. The molecular weight excluding hydrogens is 749 g/mol. The zero-order chi connectivity index (χ0) is 41.3. The SMILES string of the molecule is c1ccc(-c2cc(-c3ccccc3)nc(-c3ccc4c(c3)C(c3ccccc3)(c3ccc(-c5ccc(N(c6ccccc6)c6ccccc6)cc5)cc3)c3ccccc3-4)c2)cc1. The Morgan fingerprint density at radius 2 is 0.694 bits per heavy atom. The summed E-state index contributed by atoms with van der Waals surface area (Å²) in [6, 6.07) is 91.9. The molecule has 1 aliphatic rings. The third kappa shape index (κ3) is 6.50. The van der Waals surface area contributed by atoms with E-state index in [1.165, 1.54) is 50.1 Å². The summed E-state index contributed by atoms with van der Waals surface area (Å²) in [7, 11) is 0. The number of rotatable bonds is 9. The van der Waals surface area contributed by atoms with E-state index in [-0.39, 0.29) is 0 Å². The Labute approximate surface area is 363 Å². The van der Waals surface area contributed by atoms with Crippen molar-refractivity contribution in [3.63, 3.8) is 0 Å². The average molecular weight is 791 g/mol. The van der Waals surface area contributed by atoms with Crippen LogP contribution in [0, 0.1) is 0 Å². The van der Waals surface area contributed by atoms with Crippen LogP contribution in [0.1, 0.15) is 22.3 Å². The predicted octanol–water partition coefficient (Wildman–Crippen LogP) is 15.6. The third-order valence-corrected chi connectivity index (χ3v) is 12.4. The number of aromatic nitrogens is 1. The number of hydrogen-bond acceptors (Lipinski definition) is 2. The highest BCUT2D eigenvalue weighted by Crippen LogP contribution is 2.57. The molecule has 0 aliphatic heterocycles. The van der Waals surface area contributed by atoms with Crippen LogP contribution in [-0.2, 0) is 5.41 Å². The summed E-state index contributed by atoms with van der Waals surface area (Å²) >= 11 is 0. The summed E-state index contributed by atoms with van der Waals surface area (Å²) in [5.41, 5.74) is 19.0. The Morgan fingerprint density at radius 3 is 1.31 bits per heavy atom. The van der Waals surface area contributed by atoms with Crippen molar-refractivity contribution in [2.75, 3.05) is 4.90 Å². The van der Waals surface area contributed by atoms with E-state index in [9.17, 15) is 0 Å². The molecule has 292 valence electrons. The molecule has 0 spiro atoms. The Hall–Kier alpha value is -8.07. The summed E-state index contributed by atoms with van der Waals surface area (Å²) in [5, 5.41) is 0. The molecule has 0 N–H and O–H groups in total. The number of hydrogen-bond donors (Lipinski definition) is 0. The molecule has 1 heterocycles. The standard InChI is InChI=1S/C60H42N2/c1-6-18-43(19-7-1)48-41-58(46-20-8-2-9-21-46)61-59(42-48)47-34-39-55-54-28-16-17-29-56(54)60(57(55)40-47,49-22-10-3-11-23-49)50-35-30-44(31-36-50)45-32-37-53(38-33-45)62(51-24-12-4-13-25-51)52-26-14-5-15-27-52/h1-42H. The maximum atomic E-state index is 5.36. The van der Waals surface area contributed by atoms with Gasteiger partial charge in [-0.2, -0.15) is 0 Å². The Balaban J connectivity index is 1.04. The van der Waals surface area contributed by atoms with Crippen molar-refractivity contribution in [3.8, 4) is 55.9 Å². The minimum absolute atomic E-state index is 0.559. The van der Waals surface area contributed by atoms with E-state index in [0.717, 1.165) is 45.1 Å². The molecule has 0 fully saturated rings. The monoisotopic (exact) mass is 790 g/mol. The van der Waals surface area contributed by atoms with Crippen molar-refractivity contribution in [1.29, 1.82) is 0 Å². The summed E-state index contributed by atoms with van der Waals surface area (Å²) in [6.45, 7) is 0. The van der Waals surface area contributed by atoms with Crippen molar-refractivity contribution < 1.29 is 0 Å². The molecule has 0 saturated heterocycles. The van der Waals surface area contributed by atoms with E-state index in [1.807, 2.05) is 0 Å². The fourth-order valence-corrected chi connectivity index (χ4v) is 9.47. The van der Waals surface area contributed by atoms with Crippen molar-refractivity contribution >= 4 is 17.1 Å². The second-order valence-corrected chi connectivity index (χ2v) is 15.9. The van der Waals surface area contributed by atoms with Crippen LogP contribution >= 0.6 is 0 Å². The van der Waals surface area contributed by atoms with Gasteiger partial charge in [0.25, 0.3) is 0 Å². The van der Waals surface area contributed by atoms with Gasteiger partial charge in [-0.15, -0.1) is 0 Å². The van der Waals surface area contributed by atoms with Crippen LogP contribution in [0.25, 0.3) is 55.9 Å². The van der Waals surface area contributed by atoms with Crippen LogP contribution in [0.2, 0.25) is 0 Å². The van der Waals surface area contributed by atoms with Gasteiger partial charge in [0.2, 0.25) is 0 Å². The topological polar surface area (TPSA) is 16.1 Å². The Bertz CT molecular complexity index is 3030. The molecule has 2 nitrogen and oxygen atoms in total. The molecule has 0 saturated carbocycles. The van der Waals surface area contributed by atoms with Gasteiger partial charge in [0.1, 0.15) is 0 Å². The fraction of sp³-hybridized carbons (Fsp3) is 0.0167. The molecule has 0 bridgehead atoms. The summed E-state index contributed by atoms with van der Waals surface area (Å²) < 4.78 is 0. The van der Waals surface area contributed by atoms with E-state index in [2.05, 4.69) is 260 Å². The van der Waals surface area contributed by atoms with Crippen LogP contribution in [-0.4, -0.2) is 4.98 Å². The molecule has 1 aliphatic carbocycles. The largest absolute Gasteiger partial charge is 0.311 e. The van der Waals surface area contributed by atoms with Crippen molar-refractivity contribution in [2.24, 2.45) is 0 Å². The first-order valence-electron chi connectivity index (χ1n) is 21.3. The molecule has 1 aromatic heterocycles. The second-order valence-electron chi connectivity index (χ2n) is 15.9.